The van der Waals surface area contributed by atoms with Crippen molar-refractivity contribution in [1.82, 2.24) is 19.8 Å². The summed E-state index contributed by atoms with van der Waals surface area (Å²) in [6.07, 6.45) is 6.67. The van der Waals surface area contributed by atoms with Gasteiger partial charge in [-0.15, -0.1) is 0 Å². The Kier molecular flexibility index (Phi) is 3.78. The van der Waals surface area contributed by atoms with Crippen molar-refractivity contribution in [3.8, 4) is 0 Å². The first kappa shape index (κ1) is 12.1. The van der Waals surface area contributed by atoms with E-state index in [4.69, 9.17) is 0 Å². The normalized spacial score (nSPS) is 24.9. The first-order valence-electron chi connectivity index (χ1n) is 6.12. The number of aromatic nitrogens is 2. The number of nitrogens with one attached hydrogen (secondary N) is 1. The third-order valence-electron chi connectivity index (χ3n) is 3.51. The van der Waals surface area contributed by atoms with Gasteiger partial charge in [0, 0.05) is 25.5 Å². The fraction of sp³-hybridized carbons (Fsp3) is 0.667. The molecular weight excluding hydrogens is 216 g/mol. The van der Waals surface area contributed by atoms with Gasteiger partial charge in [0.2, 0.25) is 5.91 Å². The Balaban J connectivity index is 2.04. The molecule has 17 heavy (non-hydrogen) atoms. The van der Waals surface area contributed by atoms with Crippen LogP contribution in [0.25, 0.3) is 0 Å². The van der Waals surface area contributed by atoms with Gasteiger partial charge in [-0.1, -0.05) is 6.92 Å². The number of carbonyl (C=O) groups is 1. The van der Waals surface area contributed by atoms with Crippen LogP contribution in [0.3, 0.4) is 0 Å². The summed E-state index contributed by atoms with van der Waals surface area (Å²) in [5.74, 6) is 0.771. The molecule has 2 rings (SSSR count). The predicted molar refractivity (Wildman–Crippen MR) is 65.6 cm³/mol. The van der Waals surface area contributed by atoms with Gasteiger partial charge < -0.3 is 14.8 Å². The van der Waals surface area contributed by atoms with Gasteiger partial charge in [0.1, 0.15) is 0 Å². The van der Waals surface area contributed by atoms with E-state index in [-0.39, 0.29) is 5.91 Å². The topological polar surface area (TPSA) is 50.2 Å². The summed E-state index contributed by atoms with van der Waals surface area (Å²) in [5.41, 5.74) is 0. The molecule has 1 saturated heterocycles. The molecule has 2 unspecified atom stereocenters. The Morgan fingerprint density at radius 3 is 3.06 bits per heavy atom. The van der Waals surface area contributed by atoms with Gasteiger partial charge in [0.15, 0.2) is 0 Å². The van der Waals surface area contributed by atoms with Crippen LogP contribution in [0.1, 0.15) is 19.4 Å². The first-order chi connectivity index (χ1) is 8.22. The molecule has 1 fully saturated rings. The fourth-order valence-electron chi connectivity index (χ4n) is 2.39. The fourth-order valence-corrected chi connectivity index (χ4v) is 2.39. The van der Waals surface area contributed by atoms with E-state index < -0.39 is 0 Å². The standard InChI is InChI=1S/C12H20N4O/c1-10-3-5-15(12(17)7-13-2)8-11(10)16-6-4-14-9-16/h4,6,9-11,13H,3,5,7-8H2,1-2H3. The molecule has 1 aliphatic rings. The maximum atomic E-state index is 11.9. The Morgan fingerprint density at radius 1 is 1.59 bits per heavy atom. The summed E-state index contributed by atoms with van der Waals surface area (Å²) in [7, 11) is 1.80. The zero-order valence-corrected chi connectivity index (χ0v) is 10.5. The number of rotatable bonds is 3. The van der Waals surface area contributed by atoms with E-state index in [9.17, 15) is 4.79 Å². The molecule has 0 saturated carbocycles. The molecule has 0 radical (unpaired) electrons. The molecule has 0 spiro atoms. The van der Waals surface area contributed by atoms with Crippen molar-refractivity contribution in [3.05, 3.63) is 18.7 Å². The number of hydrogen-bond acceptors (Lipinski definition) is 3. The van der Waals surface area contributed by atoms with Crippen molar-refractivity contribution in [2.75, 3.05) is 26.7 Å². The molecular formula is C12H20N4O. The number of likely N-dealkylation sites (tertiary alicyclic amines) is 1. The van der Waals surface area contributed by atoms with Crippen molar-refractivity contribution in [2.45, 2.75) is 19.4 Å². The number of carbonyl (C=O) groups excluding carboxylic acids is 1. The molecule has 0 bridgehead atoms. The summed E-state index contributed by atoms with van der Waals surface area (Å²) in [6, 6.07) is 0.354. The van der Waals surface area contributed by atoms with E-state index in [2.05, 4.69) is 21.8 Å². The highest BCUT2D eigenvalue weighted by Crippen LogP contribution is 2.27. The molecule has 2 atom stereocenters. The Morgan fingerprint density at radius 2 is 2.41 bits per heavy atom. The molecule has 2 heterocycles. The maximum absolute atomic E-state index is 11.9. The second kappa shape index (κ2) is 5.31. The maximum Gasteiger partial charge on any atom is 0.236 e. The van der Waals surface area contributed by atoms with Crippen LogP contribution in [-0.4, -0.2) is 47.0 Å². The van der Waals surface area contributed by atoms with Crippen LogP contribution in [0.5, 0.6) is 0 Å². The van der Waals surface area contributed by atoms with Crippen molar-refractivity contribution in [2.24, 2.45) is 5.92 Å². The number of likely N-dealkylation sites (N-methyl/N-ethyl adjacent to an activating group) is 1. The van der Waals surface area contributed by atoms with E-state index in [1.165, 1.54) is 0 Å². The summed E-state index contributed by atoms with van der Waals surface area (Å²) in [6.45, 7) is 4.32. The molecule has 1 aliphatic heterocycles. The molecule has 1 N–H and O–H groups in total. The van der Waals surface area contributed by atoms with Crippen molar-refractivity contribution < 1.29 is 4.79 Å². The van der Waals surface area contributed by atoms with E-state index in [0.717, 1.165) is 19.5 Å². The molecule has 0 aromatic carbocycles. The van der Waals surface area contributed by atoms with Crippen LogP contribution in [0.4, 0.5) is 0 Å². The Hall–Kier alpha value is -1.36. The minimum Gasteiger partial charge on any atom is -0.339 e. The summed E-state index contributed by atoms with van der Waals surface area (Å²) in [4.78, 5) is 17.9. The number of nitrogens with zero attached hydrogens (tertiary/aromatic N) is 3. The molecule has 94 valence electrons. The lowest BCUT2D eigenvalue weighted by molar-refractivity contribution is -0.132. The third-order valence-corrected chi connectivity index (χ3v) is 3.51. The number of piperidine rings is 1. The molecule has 5 heteroatoms. The first-order valence-corrected chi connectivity index (χ1v) is 6.12. The second-order valence-corrected chi connectivity index (χ2v) is 4.71. The Labute approximate surface area is 102 Å². The third kappa shape index (κ3) is 2.66. The zero-order valence-electron chi connectivity index (χ0n) is 10.5. The van der Waals surface area contributed by atoms with Gasteiger partial charge >= 0.3 is 0 Å². The van der Waals surface area contributed by atoms with Crippen LogP contribution in [0.2, 0.25) is 0 Å². The van der Waals surface area contributed by atoms with Gasteiger partial charge in [0.25, 0.3) is 0 Å². The van der Waals surface area contributed by atoms with Crippen molar-refractivity contribution in [3.63, 3.8) is 0 Å². The quantitative estimate of drug-likeness (QED) is 0.832. The molecule has 0 aliphatic carbocycles. The monoisotopic (exact) mass is 236 g/mol. The van der Waals surface area contributed by atoms with Gasteiger partial charge in [0.05, 0.1) is 18.9 Å². The van der Waals surface area contributed by atoms with Crippen LogP contribution in [-0.2, 0) is 4.79 Å². The second-order valence-electron chi connectivity index (χ2n) is 4.71. The Bertz CT molecular complexity index is 363. The zero-order chi connectivity index (χ0) is 12.3. The van der Waals surface area contributed by atoms with Crippen LogP contribution < -0.4 is 5.32 Å². The molecule has 1 aromatic heterocycles. The minimum atomic E-state index is 0.185. The number of amides is 1. The van der Waals surface area contributed by atoms with Crippen LogP contribution in [0.15, 0.2) is 18.7 Å². The minimum absolute atomic E-state index is 0.185. The summed E-state index contributed by atoms with van der Waals surface area (Å²) in [5, 5.41) is 2.92. The average Bonchev–Trinajstić information content (AvgIpc) is 2.83. The van der Waals surface area contributed by atoms with Gasteiger partial charge in [-0.2, -0.15) is 0 Å². The molecule has 1 amide bonds. The highest BCUT2D eigenvalue weighted by atomic mass is 16.2. The summed E-state index contributed by atoms with van der Waals surface area (Å²) >= 11 is 0. The van der Waals surface area contributed by atoms with Crippen LogP contribution >= 0.6 is 0 Å². The lowest BCUT2D eigenvalue weighted by atomic mass is 9.93. The largest absolute Gasteiger partial charge is 0.339 e. The van der Waals surface area contributed by atoms with Gasteiger partial charge in [-0.3, -0.25) is 4.79 Å². The smallest absolute Gasteiger partial charge is 0.236 e. The predicted octanol–water partition coefficient (Wildman–Crippen LogP) is 0.512. The van der Waals surface area contributed by atoms with Gasteiger partial charge in [-0.25, -0.2) is 4.98 Å². The van der Waals surface area contributed by atoms with E-state index in [1.807, 2.05) is 17.4 Å². The lowest BCUT2D eigenvalue weighted by Crippen LogP contribution is -2.46. The average molecular weight is 236 g/mol. The highest BCUT2D eigenvalue weighted by molar-refractivity contribution is 5.78. The summed E-state index contributed by atoms with van der Waals surface area (Å²) < 4.78 is 2.11. The molecule has 5 nitrogen and oxygen atoms in total. The van der Waals surface area contributed by atoms with E-state index in [0.29, 0.717) is 18.5 Å². The van der Waals surface area contributed by atoms with E-state index in [1.54, 1.807) is 13.2 Å². The number of imidazole rings is 1. The SMILES string of the molecule is CNCC(=O)N1CCC(C)C(n2ccnc2)C1. The highest BCUT2D eigenvalue weighted by Gasteiger charge is 2.29. The van der Waals surface area contributed by atoms with Gasteiger partial charge in [-0.05, 0) is 19.4 Å². The van der Waals surface area contributed by atoms with Crippen LogP contribution in [0, 0.1) is 5.92 Å². The molecule has 1 aromatic rings. The van der Waals surface area contributed by atoms with E-state index >= 15 is 0 Å². The van der Waals surface area contributed by atoms with Crippen molar-refractivity contribution in [1.29, 1.82) is 0 Å². The lowest BCUT2D eigenvalue weighted by Gasteiger charge is -2.37. The van der Waals surface area contributed by atoms with Crippen molar-refractivity contribution >= 4 is 5.91 Å². The number of hydrogen-bond donors (Lipinski definition) is 1.